The van der Waals surface area contributed by atoms with E-state index in [1.54, 1.807) is 6.07 Å². The first-order valence-corrected chi connectivity index (χ1v) is 9.17. The van der Waals surface area contributed by atoms with E-state index >= 15 is 0 Å². The second-order valence-electron chi connectivity index (χ2n) is 6.86. The molecule has 0 unspecified atom stereocenters. The predicted octanol–water partition coefficient (Wildman–Crippen LogP) is 5.86. The highest BCUT2D eigenvalue weighted by Crippen LogP contribution is 2.37. The van der Waals surface area contributed by atoms with E-state index in [1.165, 1.54) is 60.8 Å². The summed E-state index contributed by atoms with van der Waals surface area (Å²) in [5, 5.41) is 9.15. The molecule has 0 fully saturated rings. The van der Waals surface area contributed by atoms with Gasteiger partial charge in [-0.25, -0.2) is 4.79 Å². The van der Waals surface area contributed by atoms with Crippen molar-refractivity contribution in [3.05, 3.63) is 58.7 Å². The van der Waals surface area contributed by atoms with Gasteiger partial charge in [-0.2, -0.15) is 0 Å². The van der Waals surface area contributed by atoms with Crippen molar-refractivity contribution in [3.63, 3.8) is 0 Å². The number of carbonyl (C=O) groups is 1. The lowest BCUT2D eigenvalue weighted by Crippen LogP contribution is -1.96. The van der Waals surface area contributed by atoms with Crippen LogP contribution in [-0.4, -0.2) is 11.1 Å². The number of benzene rings is 2. The van der Waals surface area contributed by atoms with Crippen molar-refractivity contribution in [2.45, 2.75) is 58.3 Å². The Kier molecular flexibility index (Phi) is 5.34. The molecule has 1 aliphatic carbocycles. The van der Waals surface area contributed by atoms with E-state index in [1.807, 2.05) is 12.1 Å². The lowest BCUT2D eigenvalue weighted by molar-refractivity contribution is 0.0697. The Morgan fingerprint density at radius 3 is 2.33 bits per heavy atom. The van der Waals surface area contributed by atoms with Crippen LogP contribution in [0.2, 0.25) is 0 Å². The first-order chi connectivity index (χ1) is 11.7. The molecule has 24 heavy (non-hydrogen) atoms. The van der Waals surface area contributed by atoms with Gasteiger partial charge in [0.15, 0.2) is 0 Å². The number of hydrogen-bond acceptors (Lipinski definition) is 1. The first-order valence-electron chi connectivity index (χ1n) is 9.17. The molecule has 0 aromatic heterocycles. The van der Waals surface area contributed by atoms with Gasteiger partial charge in [0.05, 0.1) is 5.56 Å². The zero-order chi connectivity index (χ0) is 16.9. The summed E-state index contributed by atoms with van der Waals surface area (Å²) in [4.78, 5) is 11.1. The molecule has 1 N–H and O–H groups in total. The van der Waals surface area contributed by atoms with Crippen LogP contribution in [-0.2, 0) is 12.8 Å². The van der Waals surface area contributed by atoms with Crippen LogP contribution in [0, 0.1) is 0 Å². The topological polar surface area (TPSA) is 37.3 Å². The average Bonchev–Trinajstić information content (AvgIpc) is 2.94. The quantitative estimate of drug-likeness (QED) is 0.527. The number of fused-ring (bicyclic) bond motifs is 3. The molecule has 2 aromatic rings. The minimum atomic E-state index is -0.850. The van der Waals surface area contributed by atoms with Gasteiger partial charge in [-0.1, -0.05) is 63.3 Å². The summed E-state index contributed by atoms with van der Waals surface area (Å²) >= 11 is 0. The molecule has 0 aliphatic heterocycles. The highest BCUT2D eigenvalue weighted by molar-refractivity contribution is 5.90. The Hall–Kier alpha value is -2.09. The number of hydrogen-bond donors (Lipinski definition) is 1. The van der Waals surface area contributed by atoms with Crippen LogP contribution < -0.4 is 0 Å². The van der Waals surface area contributed by atoms with Gasteiger partial charge in [-0.15, -0.1) is 0 Å². The highest BCUT2D eigenvalue weighted by Gasteiger charge is 2.20. The molecule has 2 heteroatoms. The van der Waals surface area contributed by atoms with Crippen molar-refractivity contribution >= 4 is 5.97 Å². The SMILES string of the molecule is CCCCCCCCc1ccc2c(c1)Cc1cc(C(=O)O)ccc1-2. The maximum Gasteiger partial charge on any atom is 0.335 e. The van der Waals surface area contributed by atoms with Gasteiger partial charge in [0.1, 0.15) is 0 Å². The van der Waals surface area contributed by atoms with Crippen LogP contribution in [0.4, 0.5) is 0 Å². The second kappa shape index (κ2) is 7.65. The third-order valence-corrected chi connectivity index (χ3v) is 5.01. The number of aryl methyl sites for hydroxylation is 1. The number of carboxylic acids is 1. The lowest BCUT2D eigenvalue weighted by Gasteiger charge is -2.06. The summed E-state index contributed by atoms with van der Waals surface area (Å²) < 4.78 is 0. The molecule has 0 atom stereocenters. The van der Waals surface area contributed by atoms with Crippen LogP contribution in [0.1, 0.15) is 72.5 Å². The van der Waals surface area contributed by atoms with E-state index in [0.717, 1.165) is 18.4 Å². The molecule has 0 radical (unpaired) electrons. The van der Waals surface area contributed by atoms with E-state index < -0.39 is 5.97 Å². The number of carboxylic acid groups (broad SMARTS) is 1. The summed E-state index contributed by atoms with van der Waals surface area (Å²) in [6, 6.07) is 12.3. The monoisotopic (exact) mass is 322 g/mol. The standard InChI is InChI=1S/C22H26O2/c1-2-3-4-5-6-7-8-16-9-11-20-18(13-16)15-19-14-17(22(23)24)10-12-21(19)20/h9-14H,2-8,15H2,1H3,(H,23,24). The minimum absolute atomic E-state index is 0.383. The molecule has 0 heterocycles. The maximum absolute atomic E-state index is 11.1. The Balaban J connectivity index is 1.63. The fraction of sp³-hybridized carbons (Fsp3) is 0.409. The second-order valence-corrected chi connectivity index (χ2v) is 6.86. The van der Waals surface area contributed by atoms with Crippen molar-refractivity contribution in [2.75, 3.05) is 0 Å². The van der Waals surface area contributed by atoms with Crippen LogP contribution >= 0.6 is 0 Å². The summed E-state index contributed by atoms with van der Waals surface area (Å²) in [5.41, 5.74) is 6.75. The van der Waals surface area contributed by atoms with Crippen molar-refractivity contribution in [2.24, 2.45) is 0 Å². The largest absolute Gasteiger partial charge is 0.478 e. The van der Waals surface area contributed by atoms with Gasteiger partial charge in [0.25, 0.3) is 0 Å². The molecule has 2 nitrogen and oxygen atoms in total. The predicted molar refractivity (Wildman–Crippen MR) is 98.7 cm³/mol. The van der Waals surface area contributed by atoms with E-state index in [4.69, 9.17) is 5.11 Å². The summed E-state index contributed by atoms with van der Waals surface area (Å²) in [7, 11) is 0. The smallest absolute Gasteiger partial charge is 0.335 e. The Labute approximate surface area is 144 Å². The molecule has 0 saturated carbocycles. The number of unbranched alkanes of at least 4 members (excludes halogenated alkanes) is 5. The molecular formula is C22H26O2. The summed E-state index contributed by atoms with van der Waals surface area (Å²) in [6.07, 6.45) is 9.96. The van der Waals surface area contributed by atoms with Crippen molar-refractivity contribution in [3.8, 4) is 11.1 Å². The zero-order valence-electron chi connectivity index (χ0n) is 14.5. The van der Waals surface area contributed by atoms with Gasteiger partial charge in [-0.05, 0) is 59.2 Å². The third-order valence-electron chi connectivity index (χ3n) is 5.01. The Morgan fingerprint density at radius 2 is 1.58 bits per heavy atom. The maximum atomic E-state index is 11.1. The first kappa shape index (κ1) is 16.8. The van der Waals surface area contributed by atoms with Crippen LogP contribution in [0.15, 0.2) is 36.4 Å². The molecule has 3 rings (SSSR count). The van der Waals surface area contributed by atoms with Crippen LogP contribution in [0.5, 0.6) is 0 Å². The molecule has 2 aromatic carbocycles. The molecule has 0 spiro atoms. The van der Waals surface area contributed by atoms with Crippen molar-refractivity contribution < 1.29 is 9.90 Å². The molecule has 0 bridgehead atoms. The van der Waals surface area contributed by atoms with E-state index in [9.17, 15) is 4.79 Å². The fourth-order valence-corrected chi connectivity index (χ4v) is 3.66. The summed E-state index contributed by atoms with van der Waals surface area (Å²) in [5.74, 6) is -0.850. The molecular weight excluding hydrogens is 296 g/mol. The normalized spacial score (nSPS) is 12.0. The average molecular weight is 322 g/mol. The van der Waals surface area contributed by atoms with Crippen LogP contribution in [0.25, 0.3) is 11.1 Å². The van der Waals surface area contributed by atoms with Gasteiger partial charge < -0.3 is 5.11 Å². The van der Waals surface area contributed by atoms with Gasteiger partial charge in [0, 0.05) is 0 Å². The highest BCUT2D eigenvalue weighted by atomic mass is 16.4. The number of rotatable bonds is 8. The Bertz CT molecular complexity index is 731. The Morgan fingerprint density at radius 1 is 0.917 bits per heavy atom. The molecule has 126 valence electrons. The third kappa shape index (κ3) is 3.69. The van der Waals surface area contributed by atoms with Gasteiger partial charge >= 0.3 is 5.97 Å². The molecule has 1 aliphatic rings. The van der Waals surface area contributed by atoms with E-state index in [2.05, 4.69) is 25.1 Å². The van der Waals surface area contributed by atoms with E-state index in [-0.39, 0.29) is 0 Å². The van der Waals surface area contributed by atoms with Crippen LogP contribution in [0.3, 0.4) is 0 Å². The molecule has 0 amide bonds. The fourth-order valence-electron chi connectivity index (χ4n) is 3.66. The number of aromatic carboxylic acids is 1. The van der Waals surface area contributed by atoms with Gasteiger partial charge in [0.2, 0.25) is 0 Å². The minimum Gasteiger partial charge on any atom is -0.478 e. The molecule has 0 saturated heterocycles. The van der Waals surface area contributed by atoms with Crippen molar-refractivity contribution in [1.29, 1.82) is 0 Å². The van der Waals surface area contributed by atoms with Crippen molar-refractivity contribution in [1.82, 2.24) is 0 Å². The van der Waals surface area contributed by atoms with Gasteiger partial charge in [-0.3, -0.25) is 0 Å². The van der Waals surface area contributed by atoms with E-state index in [0.29, 0.717) is 5.56 Å². The summed E-state index contributed by atoms with van der Waals surface area (Å²) in [6.45, 7) is 2.25. The lowest BCUT2D eigenvalue weighted by atomic mass is 9.99. The zero-order valence-corrected chi connectivity index (χ0v) is 14.5.